The van der Waals surface area contributed by atoms with Gasteiger partial charge < -0.3 is 9.72 Å². The zero-order valence-electron chi connectivity index (χ0n) is 15.1. The maximum atomic E-state index is 13.5. The van der Waals surface area contributed by atoms with Crippen LogP contribution in [-0.2, 0) is 5.92 Å². The molecule has 1 N–H and O–H groups in total. The van der Waals surface area contributed by atoms with Crippen molar-refractivity contribution in [2.75, 3.05) is 7.11 Å². The van der Waals surface area contributed by atoms with Crippen molar-refractivity contribution in [3.8, 4) is 17.1 Å². The third-order valence-electron chi connectivity index (χ3n) is 3.64. The lowest BCUT2D eigenvalue weighted by Crippen LogP contribution is -2.25. The molecule has 1 aromatic carbocycles. The number of hydrogen-bond acceptors (Lipinski definition) is 3. The van der Waals surface area contributed by atoms with E-state index in [2.05, 4.69) is 21.5 Å². The number of hydrogen-bond donors (Lipinski definition) is 1. The molecule has 0 atom stereocenters. The average molecular weight is 387 g/mol. The van der Waals surface area contributed by atoms with Crippen molar-refractivity contribution in [1.29, 1.82) is 0 Å². The minimum Gasteiger partial charge on any atom is -0.496 e. The molecular formula is C18H18F5N3O. The van der Waals surface area contributed by atoms with Gasteiger partial charge in [0, 0.05) is 23.9 Å². The summed E-state index contributed by atoms with van der Waals surface area (Å²) < 4.78 is 72.2. The van der Waals surface area contributed by atoms with Crippen LogP contribution in [0.25, 0.3) is 11.4 Å². The van der Waals surface area contributed by atoms with E-state index in [1.807, 2.05) is 0 Å². The van der Waals surface area contributed by atoms with Gasteiger partial charge in [0.1, 0.15) is 17.3 Å². The Morgan fingerprint density at radius 2 is 1.85 bits per heavy atom. The molecule has 0 radical (unpaired) electrons. The summed E-state index contributed by atoms with van der Waals surface area (Å²) >= 11 is 0. The van der Waals surface area contributed by atoms with Crippen LogP contribution in [0.4, 0.5) is 22.0 Å². The number of methoxy groups -OCH3 is 1. The van der Waals surface area contributed by atoms with Gasteiger partial charge in [-0.15, -0.1) is 0 Å². The maximum absolute atomic E-state index is 13.5. The van der Waals surface area contributed by atoms with E-state index >= 15 is 0 Å². The highest BCUT2D eigenvalue weighted by Gasteiger charge is 2.39. The van der Waals surface area contributed by atoms with Gasteiger partial charge in [-0.1, -0.05) is 12.6 Å². The number of halogens is 5. The van der Waals surface area contributed by atoms with E-state index in [4.69, 9.17) is 4.74 Å². The molecule has 146 valence electrons. The summed E-state index contributed by atoms with van der Waals surface area (Å²) in [6.07, 6.45) is -4.74. The summed E-state index contributed by atoms with van der Waals surface area (Å²) in [5.41, 5.74) is -1.53. The number of allylic oxidation sites excluding steroid dienone is 1. The Kier molecular flexibility index (Phi) is 5.44. The Morgan fingerprint density at radius 1 is 1.22 bits per heavy atom. The van der Waals surface area contributed by atoms with E-state index in [0.29, 0.717) is 0 Å². The molecule has 27 heavy (non-hydrogen) atoms. The maximum Gasteiger partial charge on any atom is 0.435 e. The predicted molar refractivity (Wildman–Crippen MR) is 92.3 cm³/mol. The fourth-order valence-electron chi connectivity index (χ4n) is 2.42. The fraction of sp³-hybridized carbons (Fsp3) is 0.333. The number of aryl methyl sites for hydroxylation is 1. The van der Waals surface area contributed by atoms with E-state index in [0.717, 1.165) is 13.0 Å². The van der Waals surface area contributed by atoms with Gasteiger partial charge in [-0.05, 0) is 26.0 Å². The van der Waals surface area contributed by atoms with Gasteiger partial charge in [0.25, 0.3) is 5.92 Å². The molecule has 0 aliphatic heterocycles. The van der Waals surface area contributed by atoms with Crippen LogP contribution < -0.4 is 4.74 Å². The Morgan fingerprint density at radius 3 is 2.33 bits per heavy atom. The molecule has 0 aliphatic rings. The number of imidazole rings is 1. The van der Waals surface area contributed by atoms with Crippen LogP contribution in [0.3, 0.4) is 0 Å². The summed E-state index contributed by atoms with van der Waals surface area (Å²) in [6.45, 7) is 6.85. The van der Waals surface area contributed by atoms with Crippen LogP contribution in [0.1, 0.15) is 30.8 Å². The summed E-state index contributed by atoms with van der Waals surface area (Å²) in [5.74, 6) is -2.99. The first kappa shape index (κ1) is 20.6. The van der Waals surface area contributed by atoms with E-state index in [-0.39, 0.29) is 34.1 Å². The average Bonchev–Trinajstić information content (AvgIpc) is 2.91. The monoisotopic (exact) mass is 387 g/mol. The summed E-state index contributed by atoms with van der Waals surface area (Å²) in [5, 5.41) is 0. The third-order valence-corrected chi connectivity index (χ3v) is 3.64. The molecule has 2 rings (SSSR count). The molecule has 0 unspecified atom stereocenters. The predicted octanol–water partition coefficient (Wildman–Crippen LogP) is 5.39. The highest BCUT2D eigenvalue weighted by Crippen LogP contribution is 2.36. The third kappa shape index (κ3) is 4.53. The molecule has 0 aliphatic carbocycles. The Bertz CT molecular complexity index is 891. The standard InChI is InChI=1S/C18H18F5N3O/c1-9(2)24-15(18(21,22)23)14-10(3)25-16(26-14)12-7-6-11(17(4,19)20)8-13(12)27-5/h6-8H,1H2,2-5H3,(H,25,26). The van der Waals surface area contributed by atoms with Crippen LogP contribution >= 0.6 is 0 Å². The van der Waals surface area contributed by atoms with Gasteiger partial charge in [0.05, 0.1) is 12.7 Å². The van der Waals surface area contributed by atoms with Gasteiger partial charge in [0.15, 0.2) is 5.71 Å². The number of aromatic nitrogens is 2. The molecule has 0 saturated carbocycles. The summed E-state index contributed by atoms with van der Waals surface area (Å²) in [6, 6.07) is 3.61. The Balaban J connectivity index is 2.61. The normalized spacial score (nSPS) is 13.0. The van der Waals surface area contributed by atoms with Crippen LogP contribution in [0.5, 0.6) is 5.75 Å². The number of alkyl halides is 5. The van der Waals surface area contributed by atoms with E-state index < -0.39 is 23.5 Å². The largest absolute Gasteiger partial charge is 0.496 e. The second-order valence-corrected chi connectivity index (χ2v) is 6.06. The molecule has 0 amide bonds. The number of ether oxygens (including phenoxy) is 1. The topological polar surface area (TPSA) is 50.3 Å². The molecule has 0 spiro atoms. The summed E-state index contributed by atoms with van der Waals surface area (Å²) in [7, 11) is 1.27. The van der Waals surface area contributed by atoms with E-state index in [1.165, 1.54) is 33.1 Å². The summed E-state index contributed by atoms with van der Waals surface area (Å²) in [4.78, 5) is 10.2. The van der Waals surface area contributed by atoms with Crippen molar-refractivity contribution >= 4 is 5.71 Å². The molecule has 9 heteroatoms. The lowest BCUT2D eigenvalue weighted by atomic mass is 10.1. The molecule has 0 fully saturated rings. The zero-order valence-corrected chi connectivity index (χ0v) is 15.1. The smallest absolute Gasteiger partial charge is 0.435 e. The number of H-pyrrole nitrogens is 1. The molecule has 1 heterocycles. The lowest BCUT2D eigenvalue weighted by molar-refractivity contribution is -0.0582. The van der Waals surface area contributed by atoms with Gasteiger partial charge in [-0.25, -0.2) is 18.8 Å². The van der Waals surface area contributed by atoms with Gasteiger partial charge in [-0.2, -0.15) is 13.2 Å². The van der Waals surface area contributed by atoms with Crippen molar-refractivity contribution < 1.29 is 26.7 Å². The van der Waals surface area contributed by atoms with Crippen molar-refractivity contribution in [3.63, 3.8) is 0 Å². The van der Waals surface area contributed by atoms with Gasteiger partial charge in [0.2, 0.25) is 0 Å². The van der Waals surface area contributed by atoms with Crippen molar-refractivity contribution in [1.82, 2.24) is 9.97 Å². The molecule has 4 nitrogen and oxygen atoms in total. The number of nitrogens with one attached hydrogen (secondary N) is 1. The molecule has 0 bridgehead atoms. The number of nitrogens with zero attached hydrogens (tertiary/aromatic N) is 2. The van der Waals surface area contributed by atoms with Crippen molar-refractivity contribution in [3.05, 3.63) is 47.4 Å². The SMILES string of the molecule is C=C(C)N=C(c1nc(-c2ccc(C(C)(F)F)cc2OC)[nH]c1C)C(F)(F)F. The first-order chi connectivity index (χ1) is 12.3. The minimum absolute atomic E-state index is 0.0293. The number of aromatic amines is 1. The number of rotatable bonds is 5. The number of aliphatic imine (C=N–C) groups is 1. The van der Waals surface area contributed by atoms with Crippen LogP contribution in [0, 0.1) is 6.92 Å². The highest BCUT2D eigenvalue weighted by molar-refractivity contribution is 6.05. The molecule has 2 aromatic rings. The minimum atomic E-state index is -4.74. The molecule has 1 aromatic heterocycles. The number of benzene rings is 1. The van der Waals surface area contributed by atoms with Crippen LogP contribution in [-0.4, -0.2) is 29.0 Å². The first-order valence-electron chi connectivity index (χ1n) is 7.79. The second-order valence-electron chi connectivity index (χ2n) is 6.06. The fourth-order valence-corrected chi connectivity index (χ4v) is 2.42. The molecular weight excluding hydrogens is 369 g/mol. The van der Waals surface area contributed by atoms with Crippen LogP contribution in [0.15, 0.2) is 35.5 Å². The van der Waals surface area contributed by atoms with Gasteiger partial charge >= 0.3 is 6.18 Å². The van der Waals surface area contributed by atoms with Crippen molar-refractivity contribution in [2.24, 2.45) is 4.99 Å². The lowest BCUT2D eigenvalue weighted by Gasteiger charge is -2.14. The first-order valence-corrected chi connectivity index (χ1v) is 7.79. The van der Waals surface area contributed by atoms with E-state index in [9.17, 15) is 22.0 Å². The highest BCUT2D eigenvalue weighted by atomic mass is 19.4. The van der Waals surface area contributed by atoms with Gasteiger partial charge in [-0.3, -0.25) is 0 Å². The Hall–Kier alpha value is -2.71. The van der Waals surface area contributed by atoms with Crippen molar-refractivity contribution in [2.45, 2.75) is 32.9 Å². The quantitative estimate of drug-likeness (QED) is 0.552. The van der Waals surface area contributed by atoms with Crippen LogP contribution in [0.2, 0.25) is 0 Å². The second kappa shape index (κ2) is 7.13. The van der Waals surface area contributed by atoms with E-state index in [1.54, 1.807) is 0 Å². The Labute approximate surface area is 152 Å². The molecule has 0 saturated heterocycles. The zero-order chi connectivity index (χ0) is 20.6.